The van der Waals surface area contributed by atoms with Crippen molar-refractivity contribution in [2.75, 3.05) is 51.2 Å². The summed E-state index contributed by atoms with van der Waals surface area (Å²) in [6.45, 7) is 9.14. The molecule has 30 heavy (non-hydrogen) atoms. The summed E-state index contributed by atoms with van der Waals surface area (Å²) in [4.78, 5) is 15.0. The van der Waals surface area contributed by atoms with Gasteiger partial charge in [0.15, 0.2) is 5.96 Å². The highest BCUT2D eigenvalue weighted by molar-refractivity contribution is 14.0. The van der Waals surface area contributed by atoms with Gasteiger partial charge in [-0.2, -0.15) is 0 Å². The minimum absolute atomic E-state index is 0. The first-order chi connectivity index (χ1) is 14.2. The van der Waals surface area contributed by atoms with Gasteiger partial charge in [-0.1, -0.05) is 24.6 Å². The lowest BCUT2D eigenvalue weighted by Gasteiger charge is -2.36. The van der Waals surface area contributed by atoms with Gasteiger partial charge in [-0.3, -0.25) is 9.89 Å². The summed E-state index contributed by atoms with van der Waals surface area (Å²) in [5.74, 6) is 0.837. The number of nitrogens with one attached hydrogen (secondary N) is 2. The van der Waals surface area contributed by atoms with E-state index >= 15 is 0 Å². The number of hydrogen-bond acceptors (Lipinski definition) is 5. The van der Waals surface area contributed by atoms with Crippen LogP contribution in [0, 0.1) is 0 Å². The minimum Gasteiger partial charge on any atom is -0.369 e. The summed E-state index contributed by atoms with van der Waals surface area (Å²) in [5, 5.41) is 8.65. The zero-order valence-electron chi connectivity index (χ0n) is 17.7. The van der Waals surface area contributed by atoms with E-state index in [1.165, 1.54) is 10.6 Å². The van der Waals surface area contributed by atoms with Gasteiger partial charge in [0, 0.05) is 61.6 Å². The van der Waals surface area contributed by atoms with Crippen LogP contribution < -0.4 is 15.5 Å². The molecule has 1 aliphatic rings. The van der Waals surface area contributed by atoms with Crippen molar-refractivity contribution >= 4 is 58.6 Å². The van der Waals surface area contributed by atoms with Crippen molar-refractivity contribution in [2.24, 2.45) is 4.99 Å². The van der Waals surface area contributed by atoms with Crippen LogP contribution in [0.4, 0.5) is 5.69 Å². The Hall–Kier alpha value is -1.10. The van der Waals surface area contributed by atoms with E-state index in [0.29, 0.717) is 0 Å². The summed E-state index contributed by atoms with van der Waals surface area (Å²) in [7, 11) is 1.81. The third-order valence-electron chi connectivity index (χ3n) is 5.07. The normalized spacial score (nSPS) is 15.0. The molecule has 9 heteroatoms. The highest BCUT2D eigenvalue weighted by Gasteiger charge is 2.16. The number of rotatable bonds is 8. The molecule has 166 valence electrons. The lowest BCUT2D eigenvalue weighted by atomic mass is 10.2. The Labute approximate surface area is 206 Å². The number of anilines is 1. The predicted octanol–water partition coefficient (Wildman–Crippen LogP) is 3.85. The molecule has 0 bridgehead atoms. The third kappa shape index (κ3) is 7.86. The van der Waals surface area contributed by atoms with E-state index in [2.05, 4.69) is 49.5 Å². The van der Waals surface area contributed by atoms with Crippen LogP contribution in [0.3, 0.4) is 0 Å². The second-order valence-corrected chi connectivity index (χ2v) is 8.72. The largest absolute Gasteiger partial charge is 0.369 e. The van der Waals surface area contributed by atoms with Gasteiger partial charge >= 0.3 is 0 Å². The number of aryl methyl sites for hydroxylation is 1. The lowest BCUT2D eigenvalue weighted by molar-refractivity contribution is 0.255. The van der Waals surface area contributed by atoms with Crippen molar-refractivity contribution in [3.63, 3.8) is 0 Å². The molecule has 1 fully saturated rings. The van der Waals surface area contributed by atoms with Crippen molar-refractivity contribution in [3.8, 4) is 0 Å². The maximum absolute atomic E-state index is 6.12. The van der Waals surface area contributed by atoms with Crippen LogP contribution in [0.2, 0.25) is 5.02 Å². The molecule has 6 nitrogen and oxygen atoms in total. The average molecular weight is 563 g/mol. The van der Waals surface area contributed by atoms with Crippen molar-refractivity contribution < 1.29 is 0 Å². The van der Waals surface area contributed by atoms with Crippen LogP contribution in [0.15, 0.2) is 35.5 Å². The summed E-state index contributed by atoms with van der Waals surface area (Å²) < 4.78 is 0. The molecule has 0 atom stereocenters. The van der Waals surface area contributed by atoms with E-state index in [0.717, 1.165) is 74.6 Å². The molecular weight excluding hydrogens is 531 g/mol. The van der Waals surface area contributed by atoms with E-state index < -0.39 is 0 Å². The number of hydrogen-bond donors (Lipinski definition) is 2. The number of aromatic nitrogens is 1. The Morgan fingerprint density at radius 1 is 1.23 bits per heavy atom. The van der Waals surface area contributed by atoms with E-state index in [9.17, 15) is 0 Å². The number of guanidine groups is 1. The fourth-order valence-corrected chi connectivity index (χ4v) is 4.37. The van der Waals surface area contributed by atoms with Crippen LogP contribution >= 0.6 is 46.9 Å². The van der Waals surface area contributed by atoms with Gasteiger partial charge in [0.1, 0.15) is 5.01 Å². The number of thiazole rings is 1. The molecule has 1 aromatic carbocycles. The molecule has 0 radical (unpaired) electrons. The second kappa shape index (κ2) is 13.3. The molecule has 0 spiro atoms. The standard InChI is InChI=1S/C21H31ClN6S.HI/c1-3-19-15-25-20(29-19)16-26-21(23-2)24-8-5-9-27-10-12-28(13-11-27)18-7-4-6-17(22)14-18;/h4,6-7,14-15H,3,5,8-13,16H2,1-2H3,(H2,23,24,26);1H. The van der Waals surface area contributed by atoms with Crippen LogP contribution in [-0.2, 0) is 13.0 Å². The molecule has 1 aromatic heterocycles. The molecule has 0 amide bonds. The third-order valence-corrected chi connectivity index (χ3v) is 6.45. The molecule has 2 N–H and O–H groups in total. The van der Waals surface area contributed by atoms with E-state index in [1.807, 2.05) is 25.4 Å². The maximum atomic E-state index is 6.12. The number of aliphatic imine (C=N–C) groups is 1. The van der Waals surface area contributed by atoms with Crippen molar-refractivity contribution in [1.82, 2.24) is 20.5 Å². The second-order valence-electron chi connectivity index (χ2n) is 7.09. The Balaban J connectivity index is 0.00000320. The van der Waals surface area contributed by atoms with Crippen molar-refractivity contribution in [2.45, 2.75) is 26.3 Å². The molecule has 3 rings (SSSR count). The number of nitrogens with zero attached hydrogens (tertiary/aromatic N) is 4. The van der Waals surface area contributed by atoms with Crippen molar-refractivity contribution in [1.29, 1.82) is 0 Å². The zero-order chi connectivity index (χ0) is 20.5. The topological polar surface area (TPSA) is 55.8 Å². The minimum atomic E-state index is 0. The van der Waals surface area contributed by atoms with Crippen LogP contribution in [0.25, 0.3) is 0 Å². The van der Waals surface area contributed by atoms with E-state index in [1.54, 1.807) is 11.3 Å². The van der Waals surface area contributed by atoms with Gasteiger partial charge < -0.3 is 15.5 Å². The van der Waals surface area contributed by atoms with Gasteiger partial charge in [0.25, 0.3) is 0 Å². The molecule has 0 unspecified atom stereocenters. The fraction of sp³-hybridized carbons (Fsp3) is 0.524. The zero-order valence-corrected chi connectivity index (χ0v) is 21.6. The fourth-order valence-electron chi connectivity index (χ4n) is 3.39. The predicted molar refractivity (Wildman–Crippen MR) is 140 cm³/mol. The first-order valence-electron chi connectivity index (χ1n) is 10.3. The maximum Gasteiger partial charge on any atom is 0.191 e. The Morgan fingerprint density at radius 2 is 2.03 bits per heavy atom. The SMILES string of the molecule is CCc1cnc(CNC(=NC)NCCCN2CCN(c3cccc(Cl)c3)CC2)s1.I. The molecule has 1 aliphatic heterocycles. The monoisotopic (exact) mass is 562 g/mol. The molecular formula is C21H32ClIN6S. The van der Waals surface area contributed by atoms with Crippen LogP contribution in [0.1, 0.15) is 23.2 Å². The summed E-state index contributed by atoms with van der Waals surface area (Å²) in [6.07, 6.45) is 4.09. The number of benzene rings is 1. The Bertz CT molecular complexity index is 791. The molecule has 2 heterocycles. The summed E-state index contributed by atoms with van der Waals surface area (Å²) >= 11 is 7.88. The van der Waals surface area contributed by atoms with Gasteiger partial charge in [-0.15, -0.1) is 35.3 Å². The quantitative estimate of drug-likeness (QED) is 0.222. The molecule has 0 saturated carbocycles. The highest BCUT2D eigenvalue weighted by atomic mass is 127. The lowest BCUT2D eigenvalue weighted by Crippen LogP contribution is -2.47. The number of halogens is 2. The Kier molecular flexibility index (Phi) is 11.2. The van der Waals surface area contributed by atoms with Gasteiger partial charge in [0.05, 0.1) is 6.54 Å². The van der Waals surface area contributed by atoms with Crippen molar-refractivity contribution in [3.05, 3.63) is 45.4 Å². The van der Waals surface area contributed by atoms with Gasteiger partial charge in [0.2, 0.25) is 0 Å². The highest BCUT2D eigenvalue weighted by Crippen LogP contribution is 2.20. The first-order valence-corrected chi connectivity index (χ1v) is 11.5. The number of piperazine rings is 1. The Morgan fingerprint density at radius 3 is 2.70 bits per heavy atom. The van der Waals surface area contributed by atoms with Crippen LogP contribution in [-0.4, -0.2) is 62.2 Å². The summed E-state index contributed by atoms with van der Waals surface area (Å²) in [5.41, 5.74) is 1.22. The van der Waals surface area contributed by atoms with E-state index in [4.69, 9.17) is 11.6 Å². The molecule has 1 saturated heterocycles. The van der Waals surface area contributed by atoms with E-state index in [-0.39, 0.29) is 24.0 Å². The van der Waals surface area contributed by atoms with Crippen LogP contribution in [0.5, 0.6) is 0 Å². The average Bonchev–Trinajstić information content (AvgIpc) is 3.22. The van der Waals surface area contributed by atoms with Gasteiger partial charge in [-0.25, -0.2) is 4.98 Å². The molecule has 2 aromatic rings. The molecule has 0 aliphatic carbocycles. The first kappa shape index (κ1) is 25.2. The smallest absolute Gasteiger partial charge is 0.191 e. The van der Waals surface area contributed by atoms with Gasteiger partial charge in [-0.05, 0) is 37.6 Å². The summed E-state index contributed by atoms with van der Waals surface area (Å²) in [6, 6.07) is 8.14.